The Bertz CT molecular complexity index is 244. The van der Waals surface area contributed by atoms with E-state index in [9.17, 15) is 4.79 Å². The molecule has 3 nitrogen and oxygen atoms in total. The van der Waals surface area contributed by atoms with Crippen molar-refractivity contribution in [2.24, 2.45) is 0 Å². The Kier molecular flexibility index (Phi) is 2.42. The molecule has 10 heavy (non-hydrogen) atoms. The minimum atomic E-state index is 0.530. The van der Waals surface area contributed by atoms with Crippen molar-refractivity contribution in [3.63, 3.8) is 0 Å². The van der Waals surface area contributed by atoms with Crippen LogP contribution in [-0.2, 0) is 6.54 Å². The predicted molar refractivity (Wildman–Crippen MR) is 46.0 cm³/mol. The van der Waals surface area contributed by atoms with Crippen molar-refractivity contribution >= 4 is 28.9 Å². The first-order valence-electron chi connectivity index (χ1n) is 2.96. The van der Waals surface area contributed by atoms with Crippen LogP contribution in [0.1, 0.15) is 17.4 Å². The first-order chi connectivity index (χ1) is 4.77. The van der Waals surface area contributed by atoms with Crippen molar-refractivity contribution in [1.82, 2.24) is 9.78 Å². The number of carbonyl (C=O) groups excluding carboxylic acids is 1. The van der Waals surface area contributed by atoms with Crippen molar-refractivity contribution < 1.29 is 4.79 Å². The summed E-state index contributed by atoms with van der Waals surface area (Å²) in [7, 11) is 0. The maximum atomic E-state index is 10.3. The molecular weight excluding hydrogens is 243 g/mol. The summed E-state index contributed by atoms with van der Waals surface area (Å²) >= 11 is 2.09. The van der Waals surface area contributed by atoms with Crippen molar-refractivity contribution in [2.75, 3.05) is 0 Å². The van der Waals surface area contributed by atoms with Gasteiger partial charge >= 0.3 is 0 Å². The highest BCUT2D eigenvalue weighted by Gasteiger charge is 2.01. The molecule has 54 valence electrons. The zero-order valence-corrected chi connectivity index (χ0v) is 7.70. The van der Waals surface area contributed by atoms with Gasteiger partial charge in [0.2, 0.25) is 0 Å². The zero-order valence-electron chi connectivity index (χ0n) is 5.54. The van der Waals surface area contributed by atoms with Crippen LogP contribution >= 0.6 is 22.6 Å². The lowest BCUT2D eigenvalue weighted by Crippen LogP contribution is -1.94. The minimum absolute atomic E-state index is 0.530. The summed E-state index contributed by atoms with van der Waals surface area (Å²) in [4.78, 5) is 10.3. The number of aryl methyl sites for hydroxylation is 1. The third-order valence-corrected chi connectivity index (χ3v) is 2.01. The lowest BCUT2D eigenvalue weighted by atomic mass is 10.5. The highest BCUT2D eigenvalue weighted by molar-refractivity contribution is 14.1. The normalized spacial score (nSPS) is 9.80. The summed E-state index contributed by atoms with van der Waals surface area (Å²) in [6.45, 7) is 2.79. The fourth-order valence-electron chi connectivity index (χ4n) is 0.654. The molecule has 0 atom stereocenters. The summed E-state index contributed by atoms with van der Waals surface area (Å²) in [5.74, 6) is 0. The van der Waals surface area contributed by atoms with Gasteiger partial charge in [-0.3, -0.25) is 9.48 Å². The van der Waals surface area contributed by atoms with Crippen LogP contribution < -0.4 is 0 Å². The summed E-state index contributed by atoms with van der Waals surface area (Å²) in [6.07, 6.45) is 2.62. The molecule has 0 N–H and O–H groups in total. The molecule has 0 fully saturated rings. The van der Waals surface area contributed by atoms with Gasteiger partial charge in [-0.05, 0) is 29.5 Å². The van der Waals surface area contributed by atoms with Crippen LogP contribution in [0.25, 0.3) is 0 Å². The Morgan fingerprint density at radius 3 is 2.90 bits per heavy atom. The molecule has 0 aliphatic carbocycles. The average Bonchev–Trinajstić information content (AvgIpc) is 2.30. The van der Waals surface area contributed by atoms with Gasteiger partial charge in [-0.15, -0.1) is 0 Å². The first-order valence-corrected chi connectivity index (χ1v) is 4.04. The Labute approximate surface area is 72.6 Å². The molecule has 0 aromatic carbocycles. The molecular formula is C6H7IN2O. The Morgan fingerprint density at radius 1 is 1.90 bits per heavy atom. The van der Waals surface area contributed by atoms with Gasteiger partial charge in [-0.1, -0.05) is 0 Å². The van der Waals surface area contributed by atoms with Crippen LogP contribution in [0.2, 0.25) is 0 Å². The van der Waals surface area contributed by atoms with Gasteiger partial charge in [0.05, 0.1) is 3.57 Å². The standard InChI is InChI=1S/C6H7IN2O/c1-2-9-3-5(7)6(4-10)8-9/h3-4H,2H2,1H3. The van der Waals surface area contributed by atoms with Gasteiger partial charge < -0.3 is 0 Å². The molecule has 0 amide bonds. The maximum Gasteiger partial charge on any atom is 0.171 e. The summed E-state index contributed by atoms with van der Waals surface area (Å²) < 4.78 is 2.65. The Balaban J connectivity index is 3.03. The van der Waals surface area contributed by atoms with Gasteiger partial charge in [0, 0.05) is 12.7 Å². The fraction of sp³-hybridized carbons (Fsp3) is 0.333. The number of hydrogen-bond donors (Lipinski definition) is 0. The van der Waals surface area contributed by atoms with Crippen LogP contribution in [0.15, 0.2) is 6.20 Å². The monoisotopic (exact) mass is 250 g/mol. The Morgan fingerprint density at radius 2 is 2.60 bits per heavy atom. The van der Waals surface area contributed by atoms with E-state index < -0.39 is 0 Å². The molecule has 0 saturated carbocycles. The van der Waals surface area contributed by atoms with Crippen LogP contribution in [0.3, 0.4) is 0 Å². The molecule has 0 radical (unpaired) electrons. The van der Waals surface area contributed by atoms with E-state index in [1.807, 2.05) is 13.1 Å². The summed E-state index contributed by atoms with van der Waals surface area (Å²) in [5, 5.41) is 3.99. The highest BCUT2D eigenvalue weighted by Crippen LogP contribution is 2.06. The molecule has 1 heterocycles. The van der Waals surface area contributed by atoms with Crippen LogP contribution in [0.5, 0.6) is 0 Å². The largest absolute Gasteiger partial charge is 0.296 e. The van der Waals surface area contributed by atoms with E-state index >= 15 is 0 Å². The van der Waals surface area contributed by atoms with E-state index in [2.05, 4.69) is 27.7 Å². The van der Waals surface area contributed by atoms with E-state index in [0.29, 0.717) is 5.69 Å². The molecule has 0 unspecified atom stereocenters. The molecule has 0 aliphatic rings. The molecule has 4 heteroatoms. The minimum Gasteiger partial charge on any atom is -0.296 e. The van der Waals surface area contributed by atoms with Crippen molar-refractivity contribution in [3.8, 4) is 0 Å². The van der Waals surface area contributed by atoms with Crippen molar-refractivity contribution in [1.29, 1.82) is 0 Å². The molecule has 1 aromatic heterocycles. The van der Waals surface area contributed by atoms with Crippen molar-refractivity contribution in [3.05, 3.63) is 15.5 Å². The van der Waals surface area contributed by atoms with Crippen LogP contribution in [0.4, 0.5) is 0 Å². The van der Waals surface area contributed by atoms with E-state index in [4.69, 9.17) is 0 Å². The number of hydrogen-bond acceptors (Lipinski definition) is 2. The fourth-order valence-corrected chi connectivity index (χ4v) is 1.21. The molecule has 0 spiro atoms. The lowest BCUT2D eigenvalue weighted by Gasteiger charge is -1.88. The molecule has 1 rings (SSSR count). The Hall–Kier alpha value is -0.390. The number of carbonyl (C=O) groups is 1. The maximum absolute atomic E-state index is 10.3. The predicted octanol–water partition coefficient (Wildman–Crippen LogP) is 1.32. The second kappa shape index (κ2) is 3.14. The molecule has 0 aliphatic heterocycles. The van der Waals surface area contributed by atoms with Gasteiger partial charge in [0.25, 0.3) is 0 Å². The highest BCUT2D eigenvalue weighted by atomic mass is 127. The third kappa shape index (κ3) is 1.36. The van der Waals surface area contributed by atoms with E-state index in [0.717, 1.165) is 16.4 Å². The molecule has 0 saturated heterocycles. The topological polar surface area (TPSA) is 34.9 Å². The number of nitrogens with zero attached hydrogens (tertiary/aromatic N) is 2. The van der Waals surface area contributed by atoms with Gasteiger partial charge in [-0.2, -0.15) is 5.10 Å². The second-order valence-corrected chi connectivity index (χ2v) is 3.00. The van der Waals surface area contributed by atoms with Crippen molar-refractivity contribution in [2.45, 2.75) is 13.5 Å². The summed E-state index contributed by atoms with van der Waals surface area (Å²) in [6, 6.07) is 0. The molecule has 0 bridgehead atoms. The number of rotatable bonds is 2. The smallest absolute Gasteiger partial charge is 0.171 e. The van der Waals surface area contributed by atoms with Gasteiger partial charge in [0.1, 0.15) is 5.69 Å². The van der Waals surface area contributed by atoms with E-state index in [1.54, 1.807) is 4.68 Å². The van der Waals surface area contributed by atoms with Crippen LogP contribution in [-0.4, -0.2) is 16.1 Å². The quantitative estimate of drug-likeness (QED) is 0.586. The number of aromatic nitrogens is 2. The van der Waals surface area contributed by atoms with Crippen LogP contribution in [0, 0.1) is 3.57 Å². The van der Waals surface area contributed by atoms with E-state index in [1.165, 1.54) is 0 Å². The zero-order chi connectivity index (χ0) is 7.56. The van der Waals surface area contributed by atoms with Gasteiger partial charge in [-0.25, -0.2) is 0 Å². The van der Waals surface area contributed by atoms with E-state index in [-0.39, 0.29) is 0 Å². The SMILES string of the molecule is CCn1cc(I)c(C=O)n1. The lowest BCUT2D eigenvalue weighted by molar-refractivity contribution is 0.111. The number of aldehydes is 1. The third-order valence-electron chi connectivity index (χ3n) is 1.18. The first kappa shape index (κ1) is 7.71. The second-order valence-electron chi connectivity index (χ2n) is 1.84. The van der Waals surface area contributed by atoms with Gasteiger partial charge in [0.15, 0.2) is 6.29 Å². The number of halogens is 1. The molecule has 1 aromatic rings. The average molecular weight is 250 g/mol. The summed E-state index contributed by atoms with van der Waals surface area (Å²) in [5.41, 5.74) is 0.530.